The van der Waals surface area contributed by atoms with Gasteiger partial charge in [-0.15, -0.1) is 0 Å². The van der Waals surface area contributed by atoms with E-state index in [1.54, 1.807) is 6.92 Å². The minimum Gasteiger partial charge on any atom is -0.458 e. The molecular weight excluding hydrogens is 164 g/mol. The highest BCUT2D eigenvalue weighted by Gasteiger charge is 2.08. The fraction of sp³-hybridized carbons (Fsp3) is 0.364. The fourth-order valence-electron chi connectivity index (χ4n) is 1.07. The first-order valence-corrected chi connectivity index (χ1v) is 4.48. The van der Waals surface area contributed by atoms with Gasteiger partial charge in [-0.2, -0.15) is 0 Å². The average Bonchev–Trinajstić information content (AvgIpc) is 2.19. The van der Waals surface area contributed by atoms with E-state index in [0.717, 1.165) is 5.56 Å². The molecule has 0 aliphatic carbocycles. The number of rotatable bonds is 3. The van der Waals surface area contributed by atoms with Crippen LogP contribution in [0.5, 0.6) is 0 Å². The first-order valence-electron chi connectivity index (χ1n) is 4.48. The van der Waals surface area contributed by atoms with Crippen LogP contribution in [0.15, 0.2) is 30.3 Å². The van der Waals surface area contributed by atoms with Crippen LogP contribution in [0, 0.1) is 0 Å². The Kier molecular flexibility index (Phi) is 3.50. The van der Waals surface area contributed by atoms with Gasteiger partial charge in [0.1, 0.15) is 6.10 Å². The van der Waals surface area contributed by atoms with Gasteiger partial charge in [0, 0.05) is 6.42 Å². The monoisotopic (exact) mass is 178 g/mol. The van der Waals surface area contributed by atoms with Crippen LogP contribution in [0.4, 0.5) is 0 Å². The standard InChI is InChI=1S/C11H14O2/c1-3-11(12)13-9(2)10-7-5-4-6-8-10/h4-9H,3H2,1-2H3/t9-/m1/s1. The summed E-state index contributed by atoms with van der Waals surface area (Å²) in [5.74, 6) is -0.156. The van der Waals surface area contributed by atoms with Crippen LogP contribution < -0.4 is 0 Å². The molecule has 0 aliphatic heterocycles. The number of carbonyl (C=O) groups excluding carboxylic acids is 1. The van der Waals surface area contributed by atoms with E-state index in [0.29, 0.717) is 6.42 Å². The van der Waals surface area contributed by atoms with Crippen molar-refractivity contribution in [2.24, 2.45) is 0 Å². The second kappa shape index (κ2) is 4.65. The lowest BCUT2D eigenvalue weighted by molar-refractivity contribution is -0.148. The summed E-state index contributed by atoms with van der Waals surface area (Å²) >= 11 is 0. The van der Waals surface area contributed by atoms with Crippen molar-refractivity contribution in [2.45, 2.75) is 26.4 Å². The summed E-state index contributed by atoms with van der Waals surface area (Å²) < 4.78 is 5.15. The molecular formula is C11H14O2. The molecule has 0 amide bonds. The van der Waals surface area contributed by atoms with Crippen LogP contribution >= 0.6 is 0 Å². The van der Waals surface area contributed by atoms with Crippen molar-refractivity contribution in [3.8, 4) is 0 Å². The molecule has 13 heavy (non-hydrogen) atoms. The molecule has 0 heterocycles. The quantitative estimate of drug-likeness (QED) is 0.665. The fourth-order valence-corrected chi connectivity index (χ4v) is 1.07. The maximum absolute atomic E-state index is 11.0. The minimum atomic E-state index is -0.156. The first-order chi connectivity index (χ1) is 6.24. The Labute approximate surface area is 78.5 Å². The van der Waals surface area contributed by atoms with E-state index in [4.69, 9.17) is 4.74 Å². The molecule has 0 fully saturated rings. The maximum Gasteiger partial charge on any atom is 0.306 e. The lowest BCUT2D eigenvalue weighted by Gasteiger charge is -2.12. The van der Waals surface area contributed by atoms with Crippen molar-refractivity contribution >= 4 is 5.97 Å². The average molecular weight is 178 g/mol. The molecule has 0 saturated carbocycles. The molecule has 1 aromatic carbocycles. The molecule has 0 bridgehead atoms. The SMILES string of the molecule is CCC(=O)O[C@H](C)c1ccccc1. The highest BCUT2D eigenvalue weighted by atomic mass is 16.5. The summed E-state index contributed by atoms with van der Waals surface area (Å²) in [7, 11) is 0. The van der Waals surface area contributed by atoms with Crippen molar-refractivity contribution in [1.82, 2.24) is 0 Å². The van der Waals surface area contributed by atoms with Gasteiger partial charge in [-0.3, -0.25) is 4.79 Å². The van der Waals surface area contributed by atoms with E-state index in [-0.39, 0.29) is 12.1 Å². The Bertz CT molecular complexity index is 267. The molecule has 0 unspecified atom stereocenters. The molecule has 1 atom stereocenters. The maximum atomic E-state index is 11.0. The van der Waals surface area contributed by atoms with Crippen molar-refractivity contribution < 1.29 is 9.53 Å². The smallest absolute Gasteiger partial charge is 0.306 e. The normalized spacial score (nSPS) is 12.2. The molecule has 1 aromatic rings. The number of ether oxygens (including phenoxy) is 1. The van der Waals surface area contributed by atoms with Crippen molar-refractivity contribution in [3.63, 3.8) is 0 Å². The minimum absolute atomic E-state index is 0.145. The lowest BCUT2D eigenvalue weighted by Crippen LogP contribution is -2.06. The van der Waals surface area contributed by atoms with Gasteiger partial charge in [-0.1, -0.05) is 37.3 Å². The van der Waals surface area contributed by atoms with Crippen LogP contribution in [0.25, 0.3) is 0 Å². The Hall–Kier alpha value is -1.31. The summed E-state index contributed by atoms with van der Waals surface area (Å²) in [5, 5.41) is 0. The predicted molar refractivity (Wildman–Crippen MR) is 51.2 cm³/mol. The van der Waals surface area contributed by atoms with Crippen LogP contribution in [-0.2, 0) is 9.53 Å². The van der Waals surface area contributed by atoms with Gasteiger partial charge < -0.3 is 4.74 Å². The number of esters is 1. The van der Waals surface area contributed by atoms with Crippen LogP contribution in [0.3, 0.4) is 0 Å². The molecule has 70 valence electrons. The van der Waals surface area contributed by atoms with Gasteiger partial charge in [-0.05, 0) is 12.5 Å². The van der Waals surface area contributed by atoms with Gasteiger partial charge >= 0.3 is 5.97 Å². The van der Waals surface area contributed by atoms with Crippen molar-refractivity contribution in [1.29, 1.82) is 0 Å². The van der Waals surface area contributed by atoms with Crippen molar-refractivity contribution in [3.05, 3.63) is 35.9 Å². The van der Waals surface area contributed by atoms with E-state index in [1.807, 2.05) is 37.3 Å². The molecule has 0 radical (unpaired) electrons. The Morgan fingerprint density at radius 3 is 2.54 bits per heavy atom. The molecule has 0 spiro atoms. The number of hydrogen-bond donors (Lipinski definition) is 0. The largest absolute Gasteiger partial charge is 0.458 e. The van der Waals surface area contributed by atoms with E-state index >= 15 is 0 Å². The zero-order valence-electron chi connectivity index (χ0n) is 7.99. The summed E-state index contributed by atoms with van der Waals surface area (Å²) in [6.45, 7) is 3.67. The van der Waals surface area contributed by atoms with Gasteiger partial charge in [0.15, 0.2) is 0 Å². The highest BCUT2D eigenvalue weighted by Crippen LogP contribution is 2.16. The van der Waals surface area contributed by atoms with Crippen molar-refractivity contribution in [2.75, 3.05) is 0 Å². The molecule has 0 aromatic heterocycles. The number of carbonyl (C=O) groups is 1. The summed E-state index contributed by atoms with van der Waals surface area (Å²) in [4.78, 5) is 11.0. The molecule has 0 N–H and O–H groups in total. The van der Waals surface area contributed by atoms with Crippen LogP contribution in [0.1, 0.15) is 31.9 Å². The number of hydrogen-bond acceptors (Lipinski definition) is 2. The summed E-state index contributed by atoms with van der Waals surface area (Å²) in [6.07, 6.45) is 0.283. The Morgan fingerprint density at radius 1 is 1.38 bits per heavy atom. The topological polar surface area (TPSA) is 26.3 Å². The second-order valence-corrected chi connectivity index (χ2v) is 2.90. The third-order valence-electron chi connectivity index (χ3n) is 1.87. The molecule has 0 saturated heterocycles. The zero-order valence-corrected chi connectivity index (χ0v) is 7.99. The zero-order chi connectivity index (χ0) is 9.68. The molecule has 1 rings (SSSR count). The Morgan fingerprint density at radius 2 is 2.00 bits per heavy atom. The van der Waals surface area contributed by atoms with Gasteiger partial charge in [0.05, 0.1) is 0 Å². The third kappa shape index (κ3) is 2.90. The summed E-state index contributed by atoms with van der Waals surface area (Å²) in [5.41, 5.74) is 1.03. The van der Waals surface area contributed by atoms with E-state index in [1.165, 1.54) is 0 Å². The summed E-state index contributed by atoms with van der Waals surface area (Å²) in [6, 6.07) is 9.72. The van der Waals surface area contributed by atoms with Crippen LogP contribution in [0.2, 0.25) is 0 Å². The highest BCUT2D eigenvalue weighted by molar-refractivity contribution is 5.69. The predicted octanol–water partition coefficient (Wildman–Crippen LogP) is 2.70. The van der Waals surface area contributed by atoms with E-state index in [2.05, 4.69) is 0 Å². The van der Waals surface area contributed by atoms with E-state index in [9.17, 15) is 4.79 Å². The third-order valence-corrected chi connectivity index (χ3v) is 1.87. The number of benzene rings is 1. The first kappa shape index (κ1) is 9.78. The van der Waals surface area contributed by atoms with Gasteiger partial charge in [-0.25, -0.2) is 0 Å². The molecule has 2 nitrogen and oxygen atoms in total. The van der Waals surface area contributed by atoms with Gasteiger partial charge in [0.25, 0.3) is 0 Å². The Balaban J connectivity index is 2.59. The van der Waals surface area contributed by atoms with E-state index < -0.39 is 0 Å². The van der Waals surface area contributed by atoms with Crippen LogP contribution in [-0.4, -0.2) is 5.97 Å². The second-order valence-electron chi connectivity index (χ2n) is 2.90. The molecule has 2 heteroatoms. The van der Waals surface area contributed by atoms with Gasteiger partial charge in [0.2, 0.25) is 0 Å². The lowest BCUT2D eigenvalue weighted by atomic mass is 10.1. The molecule has 0 aliphatic rings.